The van der Waals surface area contributed by atoms with Crippen molar-refractivity contribution in [2.45, 2.75) is 19.1 Å². The Labute approximate surface area is 221 Å². The van der Waals surface area contributed by atoms with E-state index in [1.165, 1.54) is 11.0 Å². The minimum absolute atomic E-state index is 0.0689. The van der Waals surface area contributed by atoms with Crippen LogP contribution in [0, 0.1) is 5.92 Å². The lowest BCUT2D eigenvalue weighted by Crippen LogP contribution is -2.32. The van der Waals surface area contributed by atoms with E-state index in [0.29, 0.717) is 18.0 Å². The Morgan fingerprint density at radius 2 is 1.74 bits per heavy atom. The first kappa shape index (κ1) is 27.0. The van der Waals surface area contributed by atoms with Gasteiger partial charge in [0.1, 0.15) is 5.75 Å². The quantitative estimate of drug-likeness (QED) is 0.415. The van der Waals surface area contributed by atoms with Gasteiger partial charge in [-0.2, -0.15) is 13.2 Å². The molecule has 1 aliphatic rings. The van der Waals surface area contributed by atoms with E-state index < -0.39 is 35.2 Å². The van der Waals surface area contributed by atoms with Crippen molar-refractivity contribution in [1.82, 2.24) is 5.32 Å². The number of halogens is 4. The summed E-state index contributed by atoms with van der Waals surface area (Å²) in [5.41, 5.74) is 0.415. The van der Waals surface area contributed by atoms with Crippen molar-refractivity contribution >= 4 is 40.7 Å². The van der Waals surface area contributed by atoms with Crippen molar-refractivity contribution in [3.63, 3.8) is 0 Å². The highest BCUT2D eigenvalue weighted by molar-refractivity contribution is 6.31. The third-order valence-corrected chi connectivity index (χ3v) is 6.21. The monoisotopic (exact) mass is 545 g/mol. The van der Waals surface area contributed by atoms with Crippen LogP contribution in [0.5, 0.6) is 5.75 Å². The molecule has 4 rings (SSSR count). The van der Waals surface area contributed by atoms with Gasteiger partial charge in [0, 0.05) is 30.9 Å². The largest absolute Gasteiger partial charge is 0.484 e. The fourth-order valence-electron chi connectivity index (χ4n) is 3.95. The highest BCUT2D eigenvalue weighted by atomic mass is 35.5. The van der Waals surface area contributed by atoms with Gasteiger partial charge in [-0.15, -0.1) is 0 Å². The van der Waals surface area contributed by atoms with Gasteiger partial charge in [0.2, 0.25) is 11.8 Å². The Morgan fingerprint density at radius 1 is 1.03 bits per heavy atom. The maximum Gasteiger partial charge on any atom is 0.417 e. The second-order valence-electron chi connectivity index (χ2n) is 8.63. The number of carbonyl (C=O) groups excluding carboxylic acids is 3. The molecule has 11 heteroatoms. The molecule has 38 heavy (non-hydrogen) atoms. The number of carbonyl (C=O) groups is 3. The number of hydrogen-bond acceptors (Lipinski definition) is 4. The Hall–Kier alpha value is -4.05. The minimum atomic E-state index is -4.65. The molecule has 1 fully saturated rings. The van der Waals surface area contributed by atoms with Crippen molar-refractivity contribution in [3.8, 4) is 5.75 Å². The molecule has 1 atom stereocenters. The van der Waals surface area contributed by atoms with Crippen molar-refractivity contribution < 1.29 is 32.3 Å². The Kier molecular flexibility index (Phi) is 8.21. The predicted molar refractivity (Wildman–Crippen MR) is 136 cm³/mol. The molecule has 198 valence electrons. The Balaban J connectivity index is 1.28. The van der Waals surface area contributed by atoms with Crippen molar-refractivity contribution in [1.29, 1.82) is 0 Å². The molecular weight excluding hydrogens is 523 g/mol. The average Bonchev–Trinajstić information content (AvgIpc) is 3.29. The number of anilines is 2. The second kappa shape index (κ2) is 11.6. The highest BCUT2D eigenvalue weighted by Gasteiger charge is 2.35. The molecule has 3 aromatic rings. The zero-order chi connectivity index (χ0) is 27.3. The van der Waals surface area contributed by atoms with Gasteiger partial charge >= 0.3 is 6.18 Å². The van der Waals surface area contributed by atoms with Crippen LogP contribution in [0.3, 0.4) is 0 Å². The molecule has 0 bridgehead atoms. The molecule has 1 aliphatic heterocycles. The third kappa shape index (κ3) is 6.83. The van der Waals surface area contributed by atoms with Crippen LogP contribution in [0.4, 0.5) is 24.5 Å². The summed E-state index contributed by atoms with van der Waals surface area (Å²) in [5, 5.41) is 4.73. The van der Waals surface area contributed by atoms with E-state index in [0.717, 1.165) is 17.7 Å². The number of hydrogen-bond donors (Lipinski definition) is 2. The fourth-order valence-corrected chi connectivity index (χ4v) is 4.18. The van der Waals surface area contributed by atoms with E-state index in [2.05, 4.69) is 10.6 Å². The van der Waals surface area contributed by atoms with Gasteiger partial charge in [0.05, 0.1) is 16.5 Å². The third-order valence-electron chi connectivity index (χ3n) is 5.88. The first-order valence-corrected chi connectivity index (χ1v) is 12.0. The van der Waals surface area contributed by atoms with Crippen LogP contribution in [0.2, 0.25) is 5.02 Å². The van der Waals surface area contributed by atoms with Crippen LogP contribution in [-0.2, 0) is 27.1 Å². The van der Waals surface area contributed by atoms with Crippen LogP contribution in [0.15, 0.2) is 72.8 Å². The van der Waals surface area contributed by atoms with E-state index in [-0.39, 0.29) is 30.5 Å². The van der Waals surface area contributed by atoms with Crippen molar-refractivity contribution in [2.24, 2.45) is 5.92 Å². The SMILES string of the molecule is O=C(COc1ccc(N2C[C@@H](C(=O)NCc3ccccc3)CC2=O)cc1)Nc1ccc(Cl)c(C(F)(F)F)c1. The highest BCUT2D eigenvalue weighted by Crippen LogP contribution is 2.36. The lowest BCUT2D eigenvalue weighted by molar-refractivity contribution is -0.137. The molecule has 1 heterocycles. The molecule has 3 amide bonds. The van der Waals surface area contributed by atoms with Crippen LogP contribution in [-0.4, -0.2) is 30.9 Å². The van der Waals surface area contributed by atoms with E-state index in [9.17, 15) is 27.6 Å². The summed E-state index contributed by atoms with van der Waals surface area (Å²) in [6.07, 6.45) is -4.56. The molecule has 2 N–H and O–H groups in total. The van der Waals surface area contributed by atoms with Gasteiger partial charge in [0.25, 0.3) is 5.91 Å². The molecule has 0 aliphatic carbocycles. The van der Waals surface area contributed by atoms with E-state index in [1.54, 1.807) is 24.3 Å². The Morgan fingerprint density at radius 3 is 2.42 bits per heavy atom. The van der Waals surface area contributed by atoms with Gasteiger partial charge in [-0.05, 0) is 48.0 Å². The molecule has 0 radical (unpaired) electrons. The van der Waals surface area contributed by atoms with Crippen molar-refractivity contribution in [2.75, 3.05) is 23.4 Å². The van der Waals surface area contributed by atoms with Crippen LogP contribution >= 0.6 is 11.6 Å². The lowest BCUT2D eigenvalue weighted by atomic mass is 10.1. The number of nitrogens with zero attached hydrogens (tertiary/aromatic N) is 1. The number of benzene rings is 3. The van der Waals surface area contributed by atoms with Crippen LogP contribution in [0.25, 0.3) is 0 Å². The van der Waals surface area contributed by atoms with Crippen LogP contribution < -0.4 is 20.3 Å². The standard InChI is InChI=1S/C27H23ClF3N3O4/c28-23-11-6-19(13-22(23)27(29,30)31)33-24(35)16-38-21-9-7-20(8-10-21)34-15-18(12-25(34)36)26(37)32-14-17-4-2-1-3-5-17/h1-11,13,18H,12,14-16H2,(H,32,37)(H,33,35)/t18-/m0/s1. The molecular formula is C27H23ClF3N3O4. The van der Waals surface area contributed by atoms with Gasteiger partial charge in [-0.1, -0.05) is 41.9 Å². The van der Waals surface area contributed by atoms with Gasteiger partial charge in [-0.25, -0.2) is 0 Å². The summed E-state index contributed by atoms with van der Waals surface area (Å²) in [6, 6.07) is 18.9. The fraction of sp³-hybridized carbons (Fsp3) is 0.222. The summed E-state index contributed by atoms with van der Waals surface area (Å²) >= 11 is 5.59. The maximum absolute atomic E-state index is 13.0. The van der Waals surface area contributed by atoms with Gasteiger partial charge < -0.3 is 20.3 Å². The zero-order valence-electron chi connectivity index (χ0n) is 19.9. The molecule has 0 saturated carbocycles. The van der Waals surface area contributed by atoms with Crippen LogP contribution in [0.1, 0.15) is 17.5 Å². The average molecular weight is 546 g/mol. The molecule has 1 saturated heterocycles. The summed E-state index contributed by atoms with van der Waals surface area (Å²) in [6.45, 7) is 0.171. The first-order valence-electron chi connectivity index (χ1n) is 11.6. The minimum Gasteiger partial charge on any atom is -0.484 e. The second-order valence-corrected chi connectivity index (χ2v) is 9.04. The zero-order valence-corrected chi connectivity index (χ0v) is 20.7. The molecule has 3 aromatic carbocycles. The van der Waals surface area contributed by atoms with E-state index in [4.69, 9.17) is 16.3 Å². The first-order chi connectivity index (χ1) is 18.1. The van der Waals surface area contributed by atoms with Gasteiger partial charge in [-0.3, -0.25) is 14.4 Å². The summed E-state index contributed by atoms with van der Waals surface area (Å²) in [4.78, 5) is 38.7. The lowest BCUT2D eigenvalue weighted by Gasteiger charge is -2.17. The number of ether oxygens (including phenoxy) is 1. The molecule has 0 spiro atoms. The topological polar surface area (TPSA) is 87.7 Å². The number of alkyl halides is 3. The predicted octanol–water partition coefficient (Wildman–Crippen LogP) is 5.05. The maximum atomic E-state index is 13.0. The summed E-state index contributed by atoms with van der Waals surface area (Å²) in [7, 11) is 0. The van der Waals surface area contributed by atoms with E-state index in [1.807, 2.05) is 30.3 Å². The molecule has 7 nitrogen and oxygen atoms in total. The van der Waals surface area contributed by atoms with Gasteiger partial charge in [0.15, 0.2) is 6.61 Å². The van der Waals surface area contributed by atoms with Crippen molar-refractivity contribution in [3.05, 3.63) is 88.9 Å². The molecule has 0 unspecified atom stereocenters. The number of nitrogens with one attached hydrogen (secondary N) is 2. The normalized spacial score (nSPS) is 15.3. The molecule has 0 aromatic heterocycles. The van der Waals surface area contributed by atoms with E-state index >= 15 is 0 Å². The Bertz CT molecular complexity index is 1320. The number of amides is 3. The summed E-state index contributed by atoms with van der Waals surface area (Å²) in [5.74, 6) is -1.20. The summed E-state index contributed by atoms with van der Waals surface area (Å²) < 4.78 is 44.4. The smallest absolute Gasteiger partial charge is 0.417 e. The number of rotatable bonds is 8.